The molecule has 2 heterocycles. The van der Waals surface area contributed by atoms with E-state index in [9.17, 15) is 0 Å². The van der Waals surface area contributed by atoms with Gasteiger partial charge in [-0.2, -0.15) is 5.10 Å². The van der Waals surface area contributed by atoms with E-state index < -0.39 is 0 Å². The number of aryl methyl sites for hydroxylation is 1. The Morgan fingerprint density at radius 1 is 1.59 bits per heavy atom. The third-order valence-electron chi connectivity index (χ3n) is 3.29. The molecule has 2 rings (SSSR count). The molecule has 17 heavy (non-hydrogen) atoms. The summed E-state index contributed by atoms with van der Waals surface area (Å²) >= 11 is 0. The molecule has 1 aliphatic rings. The first-order valence-corrected chi connectivity index (χ1v) is 5.86. The molecular formula is C11H19N5O. The maximum absolute atomic E-state index is 8.63. The Labute approximate surface area is 101 Å². The van der Waals surface area contributed by atoms with Crippen LogP contribution in [0.15, 0.2) is 17.5 Å². The fourth-order valence-corrected chi connectivity index (χ4v) is 2.28. The molecule has 0 amide bonds. The first-order chi connectivity index (χ1) is 8.19. The number of amidine groups is 1. The average Bonchev–Trinajstić information content (AvgIpc) is 2.75. The molecule has 0 unspecified atom stereocenters. The number of hydrogen-bond acceptors (Lipinski definition) is 4. The van der Waals surface area contributed by atoms with Gasteiger partial charge in [0.15, 0.2) is 0 Å². The zero-order valence-corrected chi connectivity index (χ0v) is 10.1. The van der Waals surface area contributed by atoms with Crippen LogP contribution in [0.4, 0.5) is 0 Å². The van der Waals surface area contributed by atoms with E-state index in [0.29, 0.717) is 5.84 Å². The van der Waals surface area contributed by atoms with Crippen molar-refractivity contribution in [2.24, 2.45) is 23.9 Å². The summed E-state index contributed by atoms with van der Waals surface area (Å²) < 4.78 is 1.82. The average molecular weight is 237 g/mol. The highest BCUT2D eigenvalue weighted by atomic mass is 16.4. The molecule has 1 aromatic rings. The van der Waals surface area contributed by atoms with Crippen LogP contribution in [0.25, 0.3) is 0 Å². The van der Waals surface area contributed by atoms with Gasteiger partial charge in [0.2, 0.25) is 0 Å². The van der Waals surface area contributed by atoms with Crippen LogP contribution < -0.4 is 5.73 Å². The van der Waals surface area contributed by atoms with Gasteiger partial charge in [0.1, 0.15) is 5.84 Å². The van der Waals surface area contributed by atoms with Crippen molar-refractivity contribution in [1.82, 2.24) is 14.7 Å². The van der Waals surface area contributed by atoms with E-state index in [4.69, 9.17) is 10.9 Å². The predicted octanol–water partition coefficient (Wildman–Crippen LogP) is 0.379. The SMILES string of the molecule is Cn1cc(CN2CCC(C(N)=NO)CC2)cn1. The lowest BCUT2D eigenvalue weighted by Crippen LogP contribution is -2.38. The summed E-state index contributed by atoms with van der Waals surface area (Å²) in [6.45, 7) is 2.89. The lowest BCUT2D eigenvalue weighted by Gasteiger charge is -2.30. The quantitative estimate of drug-likeness (QED) is 0.345. The van der Waals surface area contributed by atoms with Gasteiger partial charge in [0.05, 0.1) is 6.20 Å². The summed E-state index contributed by atoms with van der Waals surface area (Å²) in [5.74, 6) is 0.594. The second-order valence-electron chi connectivity index (χ2n) is 4.60. The van der Waals surface area contributed by atoms with Crippen LogP contribution in [0, 0.1) is 5.92 Å². The summed E-state index contributed by atoms with van der Waals surface area (Å²) in [5, 5.41) is 15.9. The topological polar surface area (TPSA) is 79.7 Å². The Morgan fingerprint density at radius 3 is 2.82 bits per heavy atom. The number of piperidine rings is 1. The zero-order valence-electron chi connectivity index (χ0n) is 10.1. The Hall–Kier alpha value is -1.56. The van der Waals surface area contributed by atoms with Crippen molar-refractivity contribution in [2.75, 3.05) is 13.1 Å². The Morgan fingerprint density at radius 2 is 2.29 bits per heavy atom. The van der Waals surface area contributed by atoms with E-state index in [1.807, 2.05) is 24.1 Å². The molecular weight excluding hydrogens is 218 g/mol. The van der Waals surface area contributed by atoms with Crippen molar-refractivity contribution in [1.29, 1.82) is 0 Å². The highest BCUT2D eigenvalue weighted by Crippen LogP contribution is 2.18. The molecule has 0 aliphatic carbocycles. The van der Waals surface area contributed by atoms with Gasteiger partial charge in [-0.1, -0.05) is 5.16 Å². The van der Waals surface area contributed by atoms with Gasteiger partial charge in [0, 0.05) is 31.3 Å². The van der Waals surface area contributed by atoms with Gasteiger partial charge in [-0.05, 0) is 25.9 Å². The molecule has 1 fully saturated rings. The number of oxime groups is 1. The maximum Gasteiger partial charge on any atom is 0.142 e. The fourth-order valence-electron chi connectivity index (χ4n) is 2.28. The first kappa shape index (κ1) is 11.9. The van der Waals surface area contributed by atoms with Crippen LogP contribution in [0.3, 0.4) is 0 Å². The van der Waals surface area contributed by atoms with Gasteiger partial charge in [-0.25, -0.2) is 0 Å². The second-order valence-corrected chi connectivity index (χ2v) is 4.60. The van der Waals surface area contributed by atoms with Crippen LogP contribution in [-0.4, -0.2) is 38.8 Å². The lowest BCUT2D eigenvalue weighted by atomic mass is 9.96. The summed E-state index contributed by atoms with van der Waals surface area (Å²) in [5.41, 5.74) is 6.85. The highest BCUT2D eigenvalue weighted by Gasteiger charge is 2.22. The number of nitrogens with zero attached hydrogens (tertiary/aromatic N) is 4. The number of aromatic nitrogens is 2. The molecule has 1 aliphatic heterocycles. The lowest BCUT2D eigenvalue weighted by molar-refractivity contribution is 0.198. The largest absolute Gasteiger partial charge is 0.409 e. The Kier molecular flexibility index (Phi) is 3.63. The van der Waals surface area contributed by atoms with E-state index in [2.05, 4.69) is 15.2 Å². The van der Waals surface area contributed by atoms with Crippen molar-refractivity contribution >= 4 is 5.84 Å². The molecule has 0 bridgehead atoms. The fraction of sp³-hybridized carbons (Fsp3) is 0.636. The van der Waals surface area contributed by atoms with Crippen molar-refractivity contribution < 1.29 is 5.21 Å². The minimum atomic E-state index is 0.227. The van der Waals surface area contributed by atoms with Crippen LogP contribution in [-0.2, 0) is 13.6 Å². The number of nitrogens with two attached hydrogens (primary N) is 1. The summed E-state index contributed by atoms with van der Waals surface area (Å²) in [6, 6.07) is 0. The Balaban J connectivity index is 1.83. The number of hydrogen-bond donors (Lipinski definition) is 2. The van der Waals surface area contributed by atoms with E-state index in [0.717, 1.165) is 32.5 Å². The standard InChI is InChI=1S/C11H19N5O/c1-15-7-9(6-13-15)8-16-4-2-10(3-5-16)11(12)14-17/h6-7,10,17H,2-5,8H2,1H3,(H2,12,14). The van der Waals surface area contributed by atoms with Crippen LogP contribution in [0.5, 0.6) is 0 Å². The smallest absolute Gasteiger partial charge is 0.142 e. The van der Waals surface area contributed by atoms with E-state index in [1.165, 1.54) is 5.56 Å². The van der Waals surface area contributed by atoms with Gasteiger partial charge >= 0.3 is 0 Å². The van der Waals surface area contributed by atoms with Crippen molar-refractivity contribution in [3.8, 4) is 0 Å². The van der Waals surface area contributed by atoms with Crippen LogP contribution in [0.2, 0.25) is 0 Å². The van der Waals surface area contributed by atoms with Crippen LogP contribution >= 0.6 is 0 Å². The third kappa shape index (κ3) is 2.97. The molecule has 94 valence electrons. The summed E-state index contributed by atoms with van der Waals surface area (Å²) in [6.07, 6.45) is 5.84. The zero-order chi connectivity index (χ0) is 12.3. The molecule has 6 nitrogen and oxygen atoms in total. The van der Waals surface area contributed by atoms with E-state index >= 15 is 0 Å². The molecule has 0 radical (unpaired) electrons. The molecule has 6 heteroatoms. The molecule has 1 saturated heterocycles. The first-order valence-electron chi connectivity index (χ1n) is 5.86. The minimum absolute atomic E-state index is 0.227. The summed E-state index contributed by atoms with van der Waals surface area (Å²) in [4.78, 5) is 2.37. The maximum atomic E-state index is 8.63. The molecule has 3 N–H and O–H groups in total. The third-order valence-corrected chi connectivity index (χ3v) is 3.29. The van der Waals surface area contributed by atoms with Gasteiger partial charge in [-0.15, -0.1) is 0 Å². The van der Waals surface area contributed by atoms with Crippen molar-refractivity contribution in [2.45, 2.75) is 19.4 Å². The van der Waals surface area contributed by atoms with Gasteiger partial charge in [0.25, 0.3) is 0 Å². The molecule has 0 saturated carbocycles. The van der Waals surface area contributed by atoms with Crippen molar-refractivity contribution in [3.05, 3.63) is 18.0 Å². The van der Waals surface area contributed by atoms with Gasteiger partial charge in [-0.3, -0.25) is 9.58 Å². The summed E-state index contributed by atoms with van der Waals surface area (Å²) in [7, 11) is 1.92. The molecule has 0 aromatic carbocycles. The Bertz CT molecular complexity index is 392. The minimum Gasteiger partial charge on any atom is -0.409 e. The highest BCUT2D eigenvalue weighted by molar-refractivity contribution is 5.82. The molecule has 0 atom stereocenters. The van der Waals surface area contributed by atoms with Crippen molar-refractivity contribution in [3.63, 3.8) is 0 Å². The monoisotopic (exact) mass is 237 g/mol. The normalized spacial score (nSPS) is 19.7. The second kappa shape index (κ2) is 5.18. The predicted molar refractivity (Wildman–Crippen MR) is 64.6 cm³/mol. The van der Waals surface area contributed by atoms with Crippen LogP contribution in [0.1, 0.15) is 18.4 Å². The van der Waals surface area contributed by atoms with E-state index in [1.54, 1.807) is 0 Å². The number of rotatable bonds is 3. The van der Waals surface area contributed by atoms with Gasteiger partial charge < -0.3 is 10.9 Å². The number of likely N-dealkylation sites (tertiary alicyclic amines) is 1. The molecule has 0 spiro atoms. The molecule has 1 aromatic heterocycles. The van der Waals surface area contributed by atoms with E-state index in [-0.39, 0.29) is 5.92 Å².